The van der Waals surface area contributed by atoms with Gasteiger partial charge in [0.25, 0.3) is 0 Å². The lowest BCUT2D eigenvalue weighted by Gasteiger charge is -2.03. The van der Waals surface area contributed by atoms with Crippen molar-refractivity contribution in [2.75, 3.05) is 0 Å². The number of carboxylic acid groups (broad SMARTS) is 1. The van der Waals surface area contributed by atoms with Crippen LogP contribution in [-0.2, 0) is 4.79 Å². The number of rotatable bonds is 0. The van der Waals surface area contributed by atoms with Crippen LogP contribution in [0, 0.1) is 6.20 Å². The van der Waals surface area contributed by atoms with Crippen molar-refractivity contribution < 1.29 is 23.1 Å². The molecule has 12 heavy (non-hydrogen) atoms. The molecule has 0 radical (unpaired) electrons. The molecule has 0 saturated carbocycles. The number of halogens is 3. The fraction of sp³-hybridized carbons (Fsp3) is 0.200. The van der Waals surface area contributed by atoms with Crippen LogP contribution in [0.25, 0.3) is 0 Å². The van der Waals surface area contributed by atoms with E-state index in [1.165, 1.54) is 0 Å². The predicted molar refractivity (Wildman–Crippen MR) is 30.5 cm³/mol. The summed E-state index contributed by atoms with van der Waals surface area (Å²) in [6.07, 6.45) is 0.569. The second kappa shape index (κ2) is 4.30. The first-order valence-corrected chi connectivity index (χ1v) is 2.57. The zero-order valence-electron chi connectivity index (χ0n) is 5.55. The molecule has 4 nitrogen and oxygen atoms in total. The Bertz CT molecular complexity index is 199. The number of alkyl halides is 3. The zero-order chi connectivity index (χ0) is 9.61. The maximum absolute atomic E-state index is 10.5. The van der Waals surface area contributed by atoms with Crippen molar-refractivity contribution in [3.05, 3.63) is 12.4 Å². The van der Waals surface area contributed by atoms with Gasteiger partial charge in [0.1, 0.15) is 5.97 Å². The number of hydrogen-bond donors (Lipinski definition) is 1. The summed E-state index contributed by atoms with van der Waals surface area (Å²) in [7, 11) is 0. The Balaban J connectivity index is 0.000000211. The van der Waals surface area contributed by atoms with Crippen LogP contribution in [0.4, 0.5) is 13.2 Å². The molecule has 1 aliphatic rings. The second-order valence-electron chi connectivity index (χ2n) is 1.48. The number of nitrogens with zero attached hydrogens (tertiary/aromatic N) is 1. The molecule has 0 atom stereocenters. The molecule has 0 fully saturated rings. The molecule has 1 N–H and O–H groups in total. The minimum absolute atomic E-state index is 1.57. The maximum Gasteiger partial charge on any atom is 0.430 e. The van der Waals surface area contributed by atoms with Crippen molar-refractivity contribution in [1.29, 1.82) is 0 Å². The van der Waals surface area contributed by atoms with E-state index < -0.39 is 12.1 Å². The number of aliphatic imine (C=N–C) groups is 1. The van der Waals surface area contributed by atoms with Gasteiger partial charge in [0.15, 0.2) is 6.20 Å². The smallest absolute Gasteiger partial charge is 0.430 e. The van der Waals surface area contributed by atoms with Crippen molar-refractivity contribution in [2.24, 2.45) is 4.99 Å². The van der Waals surface area contributed by atoms with Gasteiger partial charge in [0.05, 0.1) is 0 Å². The van der Waals surface area contributed by atoms with Crippen molar-refractivity contribution in [1.82, 2.24) is 5.32 Å². The monoisotopic (exact) mass is 180 g/mol. The number of aliphatic carboxylic acids is 1. The van der Waals surface area contributed by atoms with Gasteiger partial charge in [-0.2, -0.15) is 13.2 Å². The van der Waals surface area contributed by atoms with Crippen LogP contribution in [-0.4, -0.2) is 18.5 Å². The van der Waals surface area contributed by atoms with E-state index in [4.69, 9.17) is 9.90 Å². The van der Waals surface area contributed by atoms with E-state index in [1.807, 2.05) is 0 Å². The number of carbonyl (C=O) groups is 1. The van der Waals surface area contributed by atoms with Gasteiger partial charge in [-0.15, -0.1) is 0 Å². The van der Waals surface area contributed by atoms with E-state index in [-0.39, 0.29) is 0 Å². The van der Waals surface area contributed by atoms with Gasteiger partial charge in [-0.05, 0) is 0 Å². The fourth-order valence-corrected chi connectivity index (χ4v) is 0.186. The molecule has 0 aromatic carbocycles. The van der Waals surface area contributed by atoms with Gasteiger partial charge in [0, 0.05) is 4.99 Å². The van der Waals surface area contributed by atoms with Crippen LogP contribution < -0.4 is 10.4 Å². The number of carbonyl (C=O) groups excluding carboxylic acids is 1. The number of nitrogens with one attached hydrogen (secondary N) is 1. The molecule has 0 aromatic rings. The highest BCUT2D eigenvalue weighted by Gasteiger charge is 2.28. The standard InChI is InChI=1S/C3H3N2.C2HF3O2/c1-2-5-3-4-1;3-2(4,5)1(6)7/h1,3H,(H,4,5);(H,6,7)/q+1;/p-1. The Morgan fingerprint density at radius 3 is 2.17 bits per heavy atom. The Morgan fingerprint density at radius 2 is 2.08 bits per heavy atom. The quantitative estimate of drug-likeness (QED) is 0.496. The Morgan fingerprint density at radius 1 is 1.58 bits per heavy atom. The summed E-state index contributed by atoms with van der Waals surface area (Å²) in [4.78, 5) is 12.3. The Hall–Kier alpha value is -1.62. The summed E-state index contributed by atoms with van der Waals surface area (Å²) in [6, 6.07) is 0. The first kappa shape index (κ1) is 10.4. The molecule has 0 amide bonds. The molecule has 7 heteroatoms. The van der Waals surface area contributed by atoms with Crippen LogP contribution in [0.5, 0.6) is 0 Å². The molecule has 1 rings (SSSR count). The first-order valence-electron chi connectivity index (χ1n) is 2.57. The maximum atomic E-state index is 10.5. The number of carboxylic acids is 1. The fourth-order valence-electron chi connectivity index (χ4n) is 0.186. The molecule has 0 saturated heterocycles. The van der Waals surface area contributed by atoms with Crippen molar-refractivity contribution >= 4 is 12.3 Å². The van der Waals surface area contributed by atoms with Gasteiger partial charge in [-0.1, -0.05) is 0 Å². The summed E-state index contributed by atoms with van der Waals surface area (Å²) in [5, 5.41) is 11.5. The van der Waals surface area contributed by atoms with Crippen molar-refractivity contribution in [3.8, 4) is 0 Å². The molecule has 0 unspecified atom stereocenters. The molecule has 0 bridgehead atoms. The predicted octanol–water partition coefficient (Wildman–Crippen LogP) is -0.809. The molecule has 66 valence electrons. The summed E-state index contributed by atoms with van der Waals surface area (Å²) < 4.78 is 31.5. The Kier molecular flexibility index (Phi) is 3.72. The van der Waals surface area contributed by atoms with E-state index in [2.05, 4.69) is 16.5 Å². The lowest BCUT2D eigenvalue weighted by atomic mass is 10.7. The van der Waals surface area contributed by atoms with Crippen LogP contribution in [0.1, 0.15) is 0 Å². The van der Waals surface area contributed by atoms with Gasteiger partial charge in [0.2, 0.25) is 12.5 Å². The average Bonchev–Trinajstić information content (AvgIpc) is 2.39. The molecule has 0 aromatic heterocycles. The molecular formula is C5H3F3N2O2. The highest BCUT2D eigenvalue weighted by molar-refractivity contribution is 5.70. The van der Waals surface area contributed by atoms with E-state index in [9.17, 15) is 13.2 Å². The third-order valence-electron chi connectivity index (χ3n) is 0.593. The lowest BCUT2D eigenvalue weighted by molar-refractivity contribution is -0.344. The third-order valence-corrected chi connectivity index (χ3v) is 0.593. The summed E-state index contributed by atoms with van der Waals surface area (Å²) in [5.41, 5.74) is 0. The molecule has 0 aliphatic carbocycles. The second-order valence-corrected chi connectivity index (χ2v) is 1.48. The Labute approximate surface area is 65.4 Å². The van der Waals surface area contributed by atoms with E-state index in [1.54, 1.807) is 12.5 Å². The SMILES string of the molecule is O=C([O-])C(F)(F)F.[C+]1=CNC=N1. The largest absolute Gasteiger partial charge is 0.542 e. The highest BCUT2D eigenvalue weighted by Crippen LogP contribution is 2.11. The van der Waals surface area contributed by atoms with E-state index in [0.717, 1.165) is 0 Å². The highest BCUT2D eigenvalue weighted by atomic mass is 19.4. The molecule has 1 aliphatic heterocycles. The van der Waals surface area contributed by atoms with Crippen LogP contribution >= 0.6 is 0 Å². The minimum atomic E-state index is -5.19. The summed E-state index contributed by atoms with van der Waals surface area (Å²) in [6.45, 7) is 0. The number of hydrogen-bond acceptors (Lipinski definition) is 4. The van der Waals surface area contributed by atoms with Gasteiger partial charge >= 0.3 is 6.18 Å². The van der Waals surface area contributed by atoms with Crippen LogP contribution in [0.15, 0.2) is 11.2 Å². The van der Waals surface area contributed by atoms with E-state index >= 15 is 0 Å². The molecule has 0 spiro atoms. The summed E-state index contributed by atoms with van der Waals surface area (Å²) >= 11 is 0. The average molecular weight is 180 g/mol. The minimum Gasteiger partial charge on any atom is -0.542 e. The molecular weight excluding hydrogens is 177 g/mol. The summed E-state index contributed by atoms with van der Waals surface area (Å²) in [5.74, 6) is -3.01. The van der Waals surface area contributed by atoms with Crippen LogP contribution in [0.3, 0.4) is 0 Å². The topological polar surface area (TPSA) is 64.5 Å². The van der Waals surface area contributed by atoms with E-state index in [0.29, 0.717) is 0 Å². The molecule has 1 heterocycles. The zero-order valence-corrected chi connectivity index (χ0v) is 5.55. The normalized spacial score (nSPS) is 12.6. The van der Waals surface area contributed by atoms with Gasteiger partial charge < -0.3 is 9.90 Å². The van der Waals surface area contributed by atoms with Crippen LogP contribution in [0.2, 0.25) is 0 Å². The van der Waals surface area contributed by atoms with Gasteiger partial charge in [-0.3, -0.25) is 0 Å². The lowest BCUT2D eigenvalue weighted by Crippen LogP contribution is -2.37. The first-order chi connectivity index (χ1) is 5.44. The third kappa shape index (κ3) is 5.19. The van der Waals surface area contributed by atoms with Gasteiger partial charge in [-0.25, -0.2) is 5.32 Å². The van der Waals surface area contributed by atoms with Crippen molar-refractivity contribution in [3.63, 3.8) is 0 Å². The van der Waals surface area contributed by atoms with Crippen molar-refractivity contribution in [2.45, 2.75) is 6.18 Å².